The molecule has 10 heavy (non-hydrogen) atoms. The van der Waals surface area contributed by atoms with E-state index in [-0.39, 0.29) is 0 Å². The van der Waals surface area contributed by atoms with Gasteiger partial charge >= 0.3 is 0 Å². The molecule has 2 heteroatoms. The minimum Gasteiger partial charge on any atom is -0.374 e. The van der Waals surface area contributed by atoms with Gasteiger partial charge in [-0.15, -0.1) is 0 Å². The minimum atomic E-state index is 0.643. The van der Waals surface area contributed by atoms with Crippen LogP contribution in [-0.2, 0) is 0 Å². The Labute approximate surface area is 63.4 Å². The highest BCUT2D eigenvalue weighted by molar-refractivity contribution is 5.71. The minimum absolute atomic E-state index is 0.643. The highest BCUT2D eigenvalue weighted by atomic mass is 15.0. The maximum absolute atomic E-state index is 3.81. The van der Waals surface area contributed by atoms with E-state index >= 15 is 0 Å². The molecule has 0 bridgehead atoms. The molecule has 0 aliphatic carbocycles. The molecule has 0 aliphatic heterocycles. The molecule has 0 heterocycles. The Bertz CT molecular complexity index is 114. The van der Waals surface area contributed by atoms with Crippen LogP contribution in [0.1, 0.15) is 13.8 Å². The summed E-state index contributed by atoms with van der Waals surface area (Å²) >= 11 is 0. The second-order valence-electron chi connectivity index (χ2n) is 1.21. The van der Waals surface area contributed by atoms with Crippen LogP contribution in [0.2, 0.25) is 0 Å². The number of allylic oxidation sites excluding steroid dienone is 1. The van der Waals surface area contributed by atoms with Crippen molar-refractivity contribution in [1.29, 1.82) is 0 Å². The van der Waals surface area contributed by atoms with Gasteiger partial charge in [-0.25, -0.2) is 4.99 Å². The van der Waals surface area contributed by atoms with Gasteiger partial charge in [0.25, 0.3) is 0 Å². The van der Waals surface area contributed by atoms with Gasteiger partial charge in [-0.05, 0) is 0 Å². The molecule has 0 radical (unpaired) electrons. The van der Waals surface area contributed by atoms with Crippen LogP contribution in [0.4, 0.5) is 0 Å². The van der Waals surface area contributed by atoms with Gasteiger partial charge in [-0.2, -0.15) is 0 Å². The summed E-state index contributed by atoms with van der Waals surface area (Å²) in [5.41, 5.74) is 0. The molecule has 0 amide bonds. The van der Waals surface area contributed by atoms with Gasteiger partial charge in [0.2, 0.25) is 0 Å². The third kappa shape index (κ3) is 10.0. The summed E-state index contributed by atoms with van der Waals surface area (Å²) in [5.74, 6) is 0.643. The van der Waals surface area contributed by atoms with Crippen LogP contribution in [0, 0.1) is 0 Å². The Hall–Kier alpha value is -1.05. The third-order valence-electron chi connectivity index (χ3n) is 0.624. The number of rotatable bonds is 3. The Kier molecular flexibility index (Phi) is 12.7. The van der Waals surface area contributed by atoms with Crippen molar-refractivity contribution in [3.8, 4) is 0 Å². The average molecular weight is 140 g/mol. The molecule has 0 spiro atoms. The van der Waals surface area contributed by atoms with Crippen LogP contribution in [-0.4, -0.2) is 13.3 Å². The van der Waals surface area contributed by atoms with E-state index < -0.39 is 0 Å². The summed E-state index contributed by atoms with van der Waals surface area (Å²) < 4.78 is 0. The molecule has 0 aliphatic rings. The van der Waals surface area contributed by atoms with Crippen molar-refractivity contribution in [1.82, 2.24) is 5.32 Å². The van der Waals surface area contributed by atoms with Crippen LogP contribution in [0.3, 0.4) is 0 Å². The van der Waals surface area contributed by atoms with Crippen LogP contribution in [0.25, 0.3) is 0 Å². The lowest BCUT2D eigenvalue weighted by molar-refractivity contribution is 0.977. The van der Waals surface area contributed by atoms with Gasteiger partial charge in [-0.1, -0.05) is 33.1 Å². The standard InChI is InChI=1S/C6H10N2.C2H6/c1-4-5-8-6(2)7-3;1-2/h4-5,7H,1-2H2,3H3;1-2H3/b8-5-;. The van der Waals surface area contributed by atoms with Crippen LogP contribution in [0.5, 0.6) is 0 Å². The molecular weight excluding hydrogens is 124 g/mol. The van der Waals surface area contributed by atoms with Crippen molar-refractivity contribution in [2.24, 2.45) is 4.99 Å². The van der Waals surface area contributed by atoms with Gasteiger partial charge in [0.15, 0.2) is 0 Å². The molecule has 0 rings (SSSR count). The molecule has 2 nitrogen and oxygen atoms in total. The molecular formula is C8H16N2. The van der Waals surface area contributed by atoms with Crippen molar-refractivity contribution in [3.63, 3.8) is 0 Å². The quantitative estimate of drug-likeness (QED) is 0.595. The van der Waals surface area contributed by atoms with E-state index in [0.717, 1.165) is 0 Å². The highest BCUT2D eigenvalue weighted by Gasteiger charge is 1.73. The average Bonchev–Trinajstić information content (AvgIpc) is 2.04. The lowest BCUT2D eigenvalue weighted by Crippen LogP contribution is -2.00. The molecule has 0 saturated carbocycles. The fourth-order valence-electron chi connectivity index (χ4n) is 0.207. The number of hydrogen-bond acceptors (Lipinski definition) is 2. The van der Waals surface area contributed by atoms with E-state index in [4.69, 9.17) is 0 Å². The summed E-state index contributed by atoms with van der Waals surface area (Å²) in [6.45, 7) is 11.0. The maximum Gasteiger partial charge on any atom is 0.118 e. The van der Waals surface area contributed by atoms with E-state index in [2.05, 4.69) is 23.5 Å². The zero-order chi connectivity index (χ0) is 8.41. The number of nitrogens with zero attached hydrogens (tertiary/aromatic N) is 1. The Balaban J connectivity index is 0. The smallest absolute Gasteiger partial charge is 0.118 e. The summed E-state index contributed by atoms with van der Waals surface area (Å²) in [5, 5.41) is 2.76. The van der Waals surface area contributed by atoms with Crippen molar-refractivity contribution < 1.29 is 0 Å². The van der Waals surface area contributed by atoms with Crippen molar-refractivity contribution >= 4 is 6.21 Å². The molecule has 0 unspecified atom stereocenters. The lowest BCUT2D eigenvalue weighted by Gasteiger charge is -1.91. The molecule has 1 N–H and O–H groups in total. The van der Waals surface area contributed by atoms with Gasteiger partial charge in [0, 0.05) is 13.3 Å². The SMILES string of the molecule is C=C/C=N\C(=C)NC.CC. The fraction of sp³-hybridized carbons (Fsp3) is 0.375. The zero-order valence-corrected chi connectivity index (χ0v) is 7.02. The molecule has 0 aromatic heterocycles. The molecule has 0 fully saturated rings. The second kappa shape index (κ2) is 10.8. The van der Waals surface area contributed by atoms with Gasteiger partial charge in [-0.3, -0.25) is 0 Å². The highest BCUT2D eigenvalue weighted by Crippen LogP contribution is 1.79. The van der Waals surface area contributed by atoms with E-state index in [0.29, 0.717) is 5.82 Å². The van der Waals surface area contributed by atoms with E-state index in [1.165, 1.54) is 0 Å². The molecule has 0 atom stereocenters. The second-order valence-corrected chi connectivity index (χ2v) is 1.21. The first-order chi connectivity index (χ1) is 4.81. The monoisotopic (exact) mass is 140 g/mol. The van der Waals surface area contributed by atoms with Crippen molar-refractivity contribution in [2.75, 3.05) is 7.05 Å². The van der Waals surface area contributed by atoms with E-state index in [1.807, 2.05) is 13.8 Å². The van der Waals surface area contributed by atoms with Gasteiger partial charge < -0.3 is 5.32 Å². The number of nitrogens with one attached hydrogen (secondary N) is 1. The normalized spacial score (nSPS) is 7.90. The van der Waals surface area contributed by atoms with Crippen molar-refractivity contribution in [2.45, 2.75) is 13.8 Å². The topological polar surface area (TPSA) is 24.4 Å². The predicted molar refractivity (Wildman–Crippen MR) is 48.2 cm³/mol. The summed E-state index contributed by atoms with van der Waals surface area (Å²) in [7, 11) is 1.77. The Morgan fingerprint density at radius 3 is 2.30 bits per heavy atom. The fourth-order valence-corrected chi connectivity index (χ4v) is 0.207. The lowest BCUT2D eigenvalue weighted by atomic mass is 10.7. The number of hydrogen-bond donors (Lipinski definition) is 1. The van der Waals surface area contributed by atoms with Crippen LogP contribution >= 0.6 is 0 Å². The Morgan fingerprint density at radius 1 is 1.50 bits per heavy atom. The van der Waals surface area contributed by atoms with E-state index in [1.54, 1.807) is 19.3 Å². The van der Waals surface area contributed by atoms with E-state index in [9.17, 15) is 0 Å². The van der Waals surface area contributed by atoms with Crippen LogP contribution in [0.15, 0.2) is 30.0 Å². The van der Waals surface area contributed by atoms with Gasteiger partial charge in [0.05, 0.1) is 0 Å². The summed E-state index contributed by atoms with van der Waals surface area (Å²) in [4.78, 5) is 3.81. The molecule has 0 saturated heterocycles. The first kappa shape index (κ1) is 11.7. The molecule has 58 valence electrons. The van der Waals surface area contributed by atoms with Crippen molar-refractivity contribution in [3.05, 3.63) is 25.1 Å². The summed E-state index contributed by atoms with van der Waals surface area (Å²) in [6, 6.07) is 0. The maximum atomic E-state index is 3.81. The third-order valence-corrected chi connectivity index (χ3v) is 0.624. The zero-order valence-electron chi connectivity index (χ0n) is 7.02. The van der Waals surface area contributed by atoms with Crippen LogP contribution < -0.4 is 5.32 Å². The first-order valence-electron chi connectivity index (χ1n) is 3.33. The molecule has 0 aromatic rings. The van der Waals surface area contributed by atoms with Gasteiger partial charge in [0.1, 0.15) is 5.82 Å². The number of aliphatic imine (C=N–C) groups is 1. The predicted octanol–water partition coefficient (Wildman–Crippen LogP) is 1.96. The molecule has 0 aromatic carbocycles. The summed E-state index contributed by atoms with van der Waals surface area (Å²) in [6.07, 6.45) is 3.18. The Morgan fingerprint density at radius 2 is 2.00 bits per heavy atom. The first-order valence-corrected chi connectivity index (χ1v) is 3.33. The largest absolute Gasteiger partial charge is 0.374 e.